The van der Waals surface area contributed by atoms with Gasteiger partial charge in [0, 0.05) is 24.6 Å². The van der Waals surface area contributed by atoms with Crippen molar-refractivity contribution in [3.8, 4) is 22.9 Å². The summed E-state index contributed by atoms with van der Waals surface area (Å²) in [5.74, 6) is 0.333. The molecule has 1 unspecified atom stereocenters. The Labute approximate surface area is 205 Å². The molecule has 2 aromatic heterocycles. The number of hydrogen-bond acceptors (Lipinski definition) is 9. The highest BCUT2D eigenvalue weighted by Crippen LogP contribution is 2.30. The van der Waals surface area contributed by atoms with E-state index in [4.69, 9.17) is 18.7 Å². The van der Waals surface area contributed by atoms with Crippen molar-refractivity contribution in [2.45, 2.75) is 39.3 Å². The number of carbonyl (C=O) groups excluding carboxylic acids is 1. The lowest BCUT2D eigenvalue weighted by atomic mass is 10.1. The molecule has 0 aliphatic rings. The third-order valence-corrected chi connectivity index (χ3v) is 5.64. The number of nitrogens with zero attached hydrogens (tertiary/aromatic N) is 4. The van der Waals surface area contributed by atoms with E-state index < -0.39 is 12.1 Å². The van der Waals surface area contributed by atoms with E-state index in [-0.39, 0.29) is 36.1 Å². The molecule has 0 fully saturated rings. The largest absolute Gasteiger partial charge is 0.493 e. The molecular weight excluding hydrogens is 471 g/mol. The van der Waals surface area contributed by atoms with E-state index in [2.05, 4.69) is 15.1 Å². The lowest BCUT2D eigenvalue weighted by Gasteiger charge is -2.11. The number of rotatable bonds is 9. The zero-order chi connectivity index (χ0) is 25.8. The maximum atomic E-state index is 13.8. The molecule has 0 saturated carbocycles. The SMILES string of the molecule is COc1cc2ncn(CCCC(=O)OC(C)c3nc(-c4ccc(C)c(F)c4)no3)c(=O)c2cc1OC. The number of halogens is 1. The molecule has 0 spiro atoms. The third-order valence-electron chi connectivity index (χ3n) is 5.64. The summed E-state index contributed by atoms with van der Waals surface area (Å²) in [5, 5.41) is 4.22. The first-order chi connectivity index (χ1) is 17.3. The number of methoxy groups -OCH3 is 2. The lowest BCUT2D eigenvalue weighted by Crippen LogP contribution is -2.21. The summed E-state index contributed by atoms with van der Waals surface area (Å²) in [6.07, 6.45) is 1.05. The van der Waals surface area contributed by atoms with Crippen LogP contribution < -0.4 is 15.0 Å². The number of carbonyl (C=O) groups is 1. The molecule has 0 saturated heterocycles. The molecule has 36 heavy (non-hydrogen) atoms. The van der Waals surface area contributed by atoms with Crippen molar-refractivity contribution in [1.29, 1.82) is 0 Å². The number of aromatic nitrogens is 4. The number of hydrogen-bond donors (Lipinski definition) is 0. The minimum absolute atomic E-state index is 0.0604. The van der Waals surface area contributed by atoms with E-state index in [9.17, 15) is 14.0 Å². The predicted octanol–water partition coefficient (Wildman–Crippen LogP) is 4.00. The second-order valence-corrected chi connectivity index (χ2v) is 8.12. The highest BCUT2D eigenvalue weighted by Gasteiger charge is 2.20. The molecule has 2 heterocycles. The monoisotopic (exact) mass is 496 g/mol. The minimum Gasteiger partial charge on any atom is -0.493 e. The Balaban J connectivity index is 1.35. The molecule has 0 radical (unpaired) electrons. The summed E-state index contributed by atoms with van der Waals surface area (Å²) in [7, 11) is 3.00. The lowest BCUT2D eigenvalue weighted by molar-refractivity contribution is -0.149. The summed E-state index contributed by atoms with van der Waals surface area (Å²) in [5.41, 5.74) is 1.19. The Morgan fingerprint density at radius 3 is 2.64 bits per heavy atom. The van der Waals surface area contributed by atoms with Gasteiger partial charge < -0.3 is 18.7 Å². The van der Waals surface area contributed by atoms with Crippen LogP contribution in [0.3, 0.4) is 0 Å². The standard InChI is InChI=1S/C25H25FN4O6/c1-14-7-8-16(10-18(14)26)23-28-24(36-29-23)15(2)35-22(31)6-5-9-30-13-27-19-12-21(34-4)20(33-3)11-17(19)25(30)32/h7-8,10-13,15H,5-6,9H2,1-4H3. The van der Waals surface area contributed by atoms with Crippen molar-refractivity contribution in [1.82, 2.24) is 19.7 Å². The van der Waals surface area contributed by atoms with Crippen molar-refractivity contribution >= 4 is 16.9 Å². The van der Waals surface area contributed by atoms with E-state index in [1.165, 1.54) is 31.2 Å². The minimum atomic E-state index is -0.790. The van der Waals surface area contributed by atoms with Gasteiger partial charge in [-0.05, 0) is 38.0 Å². The Bertz CT molecular complexity index is 1460. The summed E-state index contributed by atoms with van der Waals surface area (Å²) in [6.45, 7) is 3.53. The van der Waals surface area contributed by atoms with Crippen molar-refractivity contribution in [2.75, 3.05) is 14.2 Å². The zero-order valence-electron chi connectivity index (χ0n) is 20.3. The predicted molar refractivity (Wildman–Crippen MR) is 127 cm³/mol. The molecule has 0 N–H and O–H groups in total. The molecule has 2 aromatic carbocycles. The summed E-state index contributed by atoms with van der Waals surface area (Å²) >= 11 is 0. The van der Waals surface area contributed by atoms with Crippen LogP contribution >= 0.6 is 0 Å². The Morgan fingerprint density at radius 1 is 1.17 bits per heavy atom. The maximum Gasteiger partial charge on any atom is 0.306 e. The van der Waals surface area contributed by atoms with Crippen LogP contribution in [0.2, 0.25) is 0 Å². The molecule has 0 amide bonds. The van der Waals surface area contributed by atoms with E-state index in [0.29, 0.717) is 39.9 Å². The molecule has 0 aliphatic carbocycles. The number of ether oxygens (including phenoxy) is 3. The van der Waals surface area contributed by atoms with Gasteiger partial charge in [-0.2, -0.15) is 4.98 Å². The topological polar surface area (TPSA) is 119 Å². The van der Waals surface area contributed by atoms with Crippen molar-refractivity contribution < 1.29 is 27.9 Å². The van der Waals surface area contributed by atoms with E-state index >= 15 is 0 Å². The van der Waals surface area contributed by atoms with Gasteiger partial charge in [0.15, 0.2) is 17.6 Å². The highest BCUT2D eigenvalue weighted by atomic mass is 19.1. The van der Waals surface area contributed by atoms with E-state index in [0.717, 1.165) is 0 Å². The van der Waals surface area contributed by atoms with Crippen LogP contribution in [-0.2, 0) is 16.1 Å². The van der Waals surface area contributed by atoms with E-state index in [1.807, 2.05) is 0 Å². The molecule has 0 bridgehead atoms. The van der Waals surface area contributed by atoms with Gasteiger partial charge in [-0.1, -0.05) is 17.3 Å². The van der Waals surface area contributed by atoms with Crippen molar-refractivity contribution in [2.24, 2.45) is 0 Å². The molecule has 10 nitrogen and oxygen atoms in total. The van der Waals surface area contributed by atoms with Gasteiger partial charge in [0.1, 0.15) is 5.82 Å². The quantitative estimate of drug-likeness (QED) is 0.317. The van der Waals surface area contributed by atoms with Crippen LogP contribution in [0.15, 0.2) is 46.0 Å². The average Bonchev–Trinajstić information content (AvgIpc) is 3.37. The van der Waals surface area contributed by atoms with Gasteiger partial charge in [0.25, 0.3) is 11.4 Å². The number of benzene rings is 2. The first kappa shape index (κ1) is 24.8. The van der Waals surface area contributed by atoms with Crippen LogP contribution in [0, 0.1) is 12.7 Å². The fraction of sp³-hybridized carbons (Fsp3) is 0.320. The second-order valence-electron chi connectivity index (χ2n) is 8.12. The third kappa shape index (κ3) is 5.19. The summed E-state index contributed by atoms with van der Waals surface area (Å²) in [4.78, 5) is 33.7. The smallest absolute Gasteiger partial charge is 0.306 e. The molecule has 11 heteroatoms. The molecule has 0 aliphatic heterocycles. The van der Waals surface area contributed by atoms with Gasteiger partial charge in [0.05, 0.1) is 31.4 Å². The Morgan fingerprint density at radius 2 is 1.92 bits per heavy atom. The summed E-state index contributed by atoms with van der Waals surface area (Å²) < 4.78 is 36.3. The Kier molecular flexibility index (Phi) is 7.28. The highest BCUT2D eigenvalue weighted by molar-refractivity contribution is 5.81. The number of aryl methyl sites for hydroxylation is 2. The number of esters is 1. The second kappa shape index (κ2) is 10.5. The first-order valence-electron chi connectivity index (χ1n) is 11.2. The summed E-state index contributed by atoms with van der Waals surface area (Å²) in [6, 6.07) is 7.83. The maximum absolute atomic E-state index is 13.8. The molecule has 1 atom stereocenters. The first-order valence-corrected chi connectivity index (χ1v) is 11.2. The molecule has 4 rings (SSSR count). The van der Waals surface area contributed by atoms with Gasteiger partial charge in [-0.15, -0.1) is 0 Å². The van der Waals surface area contributed by atoms with Crippen LogP contribution in [-0.4, -0.2) is 39.9 Å². The zero-order valence-corrected chi connectivity index (χ0v) is 20.3. The Hall–Kier alpha value is -4.28. The van der Waals surface area contributed by atoms with Gasteiger partial charge in [0.2, 0.25) is 5.82 Å². The van der Waals surface area contributed by atoms with Crippen LogP contribution in [0.5, 0.6) is 11.5 Å². The van der Waals surface area contributed by atoms with E-state index in [1.54, 1.807) is 38.1 Å². The molecule has 188 valence electrons. The van der Waals surface area contributed by atoms with Crippen molar-refractivity contribution in [3.63, 3.8) is 0 Å². The fourth-order valence-corrected chi connectivity index (χ4v) is 3.59. The van der Waals surface area contributed by atoms with Crippen LogP contribution in [0.25, 0.3) is 22.3 Å². The van der Waals surface area contributed by atoms with Gasteiger partial charge in [-0.25, -0.2) is 9.37 Å². The van der Waals surface area contributed by atoms with Crippen molar-refractivity contribution in [3.05, 3.63) is 64.3 Å². The van der Waals surface area contributed by atoms with Gasteiger partial charge >= 0.3 is 5.97 Å². The average molecular weight is 496 g/mol. The van der Waals surface area contributed by atoms with Gasteiger partial charge in [-0.3, -0.25) is 14.2 Å². The number of fused-ring (bicyclic) bond motifs is 1. The van der Waals surface area contributed by atoms with Crippen LogP contribution in [0.1, 0.15) is 37.3 Å². The normalized spacial score (nSPS) is 11.9. The van der Waals surface area contributed by atoms with Crippen LogP contribution in [0.4, 0.5) is 4.39 Å². The fourth-order valence-electron chi connectivity index (χ4n) is 3.59. The molecule has 4 aromatic rings. The molecular formula is C25H25FN4O6.